The van der Waals surface area contributed by atoms with Gasteiger partial charge in [0.25, 0.3) is 0 Å². The third kappa shape index (κ3) is 2.93. The summed E-state index contributed by atoms with van der Waals surface area (Å²) in [4.78, 5) is 23.2. The minimum absolute atomic E-state index is 0.163. The molecular formula is C16H21N3O2. The highest BCUT2D eigenvalue weighted by Crippen LogP contribution is 2.58. The molecule has 1 unspecified atom stereocenters. The predicted octanol–water partition coefficient (Wildman–Crippen LogP) is 0.791. The zero-order valence-electron chi connectivity index (χ0n) is 12.0. The minimum Gasteiger partial charge on any atom is -0.366 e. The van der Waals surface area contributed by atoms with E-state index in [4.69, 9.17) is 5.73 Å². The smallest absolute Gasteiger partial charge is 0.248 e. The van der Waals surface area contributed by atoms with Crippen LogP contribution < -0.4 is 16.4 Å². The van der Waals surface area contributed by atoms with Gasteiger partial charge in [0.15, 0.2) is 0 Å². The molecule has 1 aliphatic heterocycles. The molecule has 5 nitrogen and oxygen atoms in total. The third-order valence-electron chi connectivity index (χ3n) is 4.81. The minimum atomic E-state index is -0.434. The van der Waals surface area contributed by atoms with Gasteiger partial charge in [-0.05, 0) is 55.5 Å². The largest absolute Gasteiger partial charge is 0.366 e. The first kappa shape index (κ1) is 14.1. The van der Waals surface area contributed by atoms with Gasteiger partial charge in [0, 0.05) is 18.0 Å². The molecule has 2 amide bonds. The van der Waals surface area contributed by atoms with Crippen molar-refractivity contribution in [2.24, 2.45) is 17.1 Å². The Hall–Kier alpha value is -1.88. The number of primary amides is 1. The first-order valence-electron chi connectivity index (χ1n) is 7.48. The lowest BCUT2D eigenvalue weighted by Gasteiger charge is -2.23. The fourth-order valence-corrected chi connectivity index (χ4v) is 3.29. The lowest BCUT2D eigenvalue weighted by Crippen LogP contribution is -2.33. The molecule has 1 saturated heterocycles. The average Bonchev–Trinajstić information content (AvgIpc) is 3.19. The Labute approximate surface area is 124 Å². The van der Waals surface area contributed by atoms with Crippen LogP contribution in [0.2, 0.25) is 0 Å². The molecule has 1 aliphatic carbocycles. The van der Waals surface area contributed by atoms with Crippen molar-refractivity contribution in [2.75, 3.05) is 13.1 Å². The van der Waals surface area contributed by atoms with Crippen LogP contribution in [0, 0.1) is 11.3 Å². The van der Waals surface area contributed by atoms with Crippen molar-refractivity contribution in [3.63, 3.8) is 0 Å². The number of nitrogens with one attached hydrogen (secondary N) is 2. The molecule has 3 rings (SSSR count). The van der Waals surface area contributed by atoms with Gasteiger partial charge >= 0.3 is 0 Å². The first-order chi connectivity index (χ1) is 10.1. The van der Waals surface area contributed by atoms with Gasteiger partial charge in [-0.2, -0.15) is 0 Å². The number of piperidine rings is 1. The quantitative estimate of drug-likeness (QED) is 0.765. The van der Waals surface area contributed by atoms with E-state index in [2.05, 4.69) is 10.6 Å². The van der Waals surface area contributed by atoms with Crippen LogP contribution in [0.5, 0.6) is 0 Å². The summed E-state index contributed by atoms with van der Waals surface area (Å²) in [5.74, 6) is -0.0863. The second kappa shape index (κ2) is 5.48. The number of nitrogens with two attached hydrogens (primary N) is 1. The topological polar surface area (TPSA) is 84.2 Å². The van der Waals surface area contributed by atoms with Crippen molar-refractivity contribution in [3.05, 3.63) is 35.4 Å². The maximum absolute atomic E-state index is 12.2. The fourth-order valence-electron chi connectivity index (χ4n) is 3.29. The van der Waals surface area contributed by atoms with Gasteiger partial charge in [-0.25, -0.2) is 0 Å². The number of rotatable bonds is 4. The Kier molecular flexibility index (Phi) is 3.68. The Morgan fingerprint density at radius 3 is 2.52 bits per heavy atom. The SMILES string of the molecule is NC(=O)c1ccc(CNC(=O)C2CC23CCNCC3)cc1. The van der Waals surface area contributed by atoms with Crippen LogP contribution in [0.3, 0.4) is 0 Å². The van der Waals surface area contributed by atoms with Crippen molar-refractivity contribution in [2.45, 2.75) is 25.8 Å². The summed E-state index contributed by atoms with van der Waals surface area (Å²) in [6, 6.07) is 7.03. The van der Waals surface area contributed by atoms with Gasteiger partial charge in [-0.3, -0.25) is 9.59 Å². The number of hydrogen-bond donors (Lipinski definition) is 3. The lowest BCUT2D eigenvalue weighted by molar-refractivity contribution is -0.123. The fraction of sp³-hybridized carbons (Fsp3) is 0.500. The molecule has 1 atom stereocenters. The normalized spacial score (nSPS) is 22.8. The Balaban J connectivity index is 1.51. The molecule has 1 aromatic carbocycles. The maximum atomic E-state index is 12.2. The van der Waals surface area contributed by atoms with Gasteiger partial charge in [0.2, 0.25) is 11.8 Å². The van der Waals surface area contributed by atoms with Crippen molar-refractivity contribution < 1.29 is 9.59 Å². The molecule has 1 spiro atoms. The number of carbonyl (C=O) groups excluding carboxylic acids is 2. The second-order valence-corrected chi connectivity index (χ2v) is 6.15. The Bertz CT molecular complexity index is 547. The highest BCUT2D eigenvalue weighted by Gasteiger charge is 2.57. The monoisotopic (exact) mass is 287 g/mol. The van der Waals surface area contributed by atoms with Crippen molar-refractivity contribution in [1.29, 1.82) is 0 Å². The van der Waals surface area contributed by atoms with E-state index >= 15 is 0 Å². The van der Waals surface area contributed by atoms with Gasteiger partial charge in [-0.15, -0.1) is 0 Å². The zero-order valence-corrected chi connectivity index (χ0v) is 12.0. The van der Waals surface area contributed by atoms with E-state index in [1.165, 1.54) is 0 Å². The van der Waals surface area contributed by atoms with E-state index in [-0.39, 0.29) is 17.2 Å². The summed E-state index contributed by atoms with van der Waals surface area (Å²) in [6.45, 7) is 2.55. The van der Waals surface area contributed by atoms with E-state index in [0.29, 0.717) is 12.1 Å². The molecule has 0 aromatic heterocycles. The Morgan fingerprint density at radius 1 is 1.24 bits per heavy atom. The standard InChI is InChI=1S/C16H21N3O2/c17-14(20)12-3-1-11(2-4-12)10-19-15(21)13-9-16(13)5-7-18-8-6-16/h1-4,13,18H,5-10H2,(H2,17,20)(H,19,21). The zero-order chi connectivity index (χ0) is 14.9. The molecule has 1 saturated carbocycles. The van der Waals surface area contributed by atoms with E-state index in [9.17, 15) is 9.59 Å². The molecule has 0 radical (unpaired) electrons. The van der Waals surface area contributed by atoms with Crippen LogP contribution in [0.4, 0.5) is 0 Å². The van der Waals surface area contributed by atoms with Gasteiger partial charge in [-0.1, -0.05) is 12.1 Å². The summed E-state index contributed by atoms with van der Waals surface area (Å²) in [5.41, 5.74) is 6.94. The van der Waals surface area contributed by atoms with Gasteiger partial charge in [0.1, 0.15) is 0 Å². The summed E-state index contributed by atoms with van der Waals surface area (Å²) in [6.07, 6.45) is 3.25. The third-order valence-corrected chi connectivity index (χ3v) is 4.81. The van der Waals surface area contributed by atoms with Crippen LogP contribution in [-0.4, -0.2) is 24.9 Å². The van der Waals surface area contributed by atoms with Crippen LogP contribution in [0.1, 0.15) is 35.2 Å². The van der Waals surface area contributed by atoms with Gasteiger partial charge in [0.05, 0.1) is 0 Å². The van der Waals surface area contributed by atoms with Crippen LogP contribution >= 0.6 is 0 Å². The number of carbonyl (C=O) groups is 2. The molecular weight excluding hydrogens is 266 g/mol. The highest BCUT2D eigenvalue weighted by molar-refractivity contribution is 5.92. The lowest BCUT2D eigenvalue weighted by atomic mass is 9.92. The van der Waals surface area contributed by atoms with Crippen LogP contribution in [-0.2, 0) is 11.3 Å². The molecule has 1 aromatic rings. The second-order valence-electron chi connectivity index (χ2n) is 6.15. The summed E-state index contributed by atoms with van der Waals surface area (Å²) in [5, 5.41) is 6.35. The Morgan fingerprint density at radius 2 is 1.90 bits per heavy atom. The van der Waals surface area contributed by atoms with Crippen LogP contribution in [0.25, 0.3) is 0 Å². The van der Waals surface area contributed by atoms with Crippen molar-refractivity contribution in [3.8, 4) is 0 Å². The predicted molar refractivity (Wildman–Crippen MR) is 79.5 cm³/mol. The van der Waals surface area contributed by atoms with E-state index in [1.54, 1.807) is 12.1 Å². The highest BCUT2D eigenvalue weighted by atomic mass is 16.2. The number of hydrogen-bond acceptors (Lipinski definition) is 3. The first-order valence-corrected chi connectivity index (χ1v) is 7.48. The molecule has 2 aliphatic rings. The van der Waals surface area contributed by atoms with Crippen molar-refractivity contribution >= 4 is 11.8 Å². The number of amides is 2. The summed E-state index contributed by atoms with van der Waals surface area (Å²) < 4.78 is 0. The molecule has 5 heteroatoms. The number of benzene rings is 1. The molecule has 2 fully saturated rings. The average molecular weight is 287 g/mol. The molecule has 1 heterocycles. The molecule has 0 bridgehead atoms. The van der Waals surface area contributed by atoms with E-state index < -0.39 is 5.91 Å². The van der Waals surface area contributed by atoms with Crippen molar-refractivity contribution in [1.82, 2.24) is 10.6 Å². The van der Waals surface area contributed by atoms with Gasteiger partial charge < -0.3 is 16.4 Å². The van der Waals surface area contributed by atoms with E-state index in [1.807, 2.05) is 12.1 Å². The van der Waals surface area contributed by atoms with Crippen LogP contribution in [0.15, 0.2) is 24.3 Å². The maximum Gasteiger partial charge on any atom is 0.248 e. The summed E-state index contributed by atoms with van der Waals surface area (Å²) in [7, 11) is 0. The molecule has 21 heavy (non-hydrogen) atoms. The molecule has 4 N–H and O–H groups in total. The van der Waals surface area contributed by atoms with E-state index in [0.717, 1.165) is 37.9 Å². The molecule has 112 valence electrons. The summed E-state index contributed by atoms with van der Waals surface area (Å²) >= 11 is 0.